The molecule has 1 aliphatic carbocycles. The highest BCUT2D eigenvalue weighted by molar-refractivity contribution is 5.74. The number of carbonyl (C=O) groups excluding carboxylic acids is 1. The molecule has 1 heteroatoms. The zero-order valence-corrected chi connectivity index (χ0v) is 10.3. The van der Waals surface area contributed by atoms with Crippen LogP contribution < -0.4 is 0 Å². The monoisotopic (exact) mass is 236 g/mol. The average Bonchev–Trinajstić information content (AvgIpc) is 2.40. The third kappa shape index (κ3) is 1.97. The van der Waals surface area contributed by atoms with Crippen molar-refractivity contribution in [2.75, 3.05) is 0 Å². The molecule has 0 amide bonds. The van der Waals surface area contributed by atoms with Crippen molar-refractivity contribution in [2.45, 2.75) is 24.7 Å². The summed E-state index contributed by atoms with van der Waals surface area (Å²) in [4.78, 5) is 10.7. The molecule has 2 aromatic rings. The minimum atomic E-state index is 0.619. The van der Waals surface area contributed by atoms with E-state index in [2.05, 4.69) is 42.5 Å². The van der Waals surface area contributed by atoms with Crippen molar-refractivity contribution in [1.82, 2.24) is 0 Å². The van der Waals surface area contributed by atoms with Gasteiger partial charge in [0, 0.05) is 5.56 Å². The SMILES string of the molecule is O=Cc1ccc(C2CCC2c2ccccc2)cc1. The lowest BCUT2D eigenvalue weighted by molar-refractivity contribution is 0.112. The number of benzene rings is 2. The maximum Gasteiger partial charge on any atom is 0.150 e. The van der Waals surface area contributed by atoms with Crippen LogP contribution in [0, 0.1) is 0 Å². The predicted molar refractivity (Wildman–Crippen MR) is 73.0 cm³/mol. The second kappa shape index (κ2) is 4.77. The fourth-order valence-electron chi connectivity index (χ4n) is 2.82. The Hall–Kier alpha value is -1.89. The van der Waals surface area contributed by atoms with Gasteiger partial charge in [0.2, 0.25) is 0 Å². The summed E-state index contributed by atoms with van der Waals surface area (Å²) in [6, 6.07) is 18.8. The van der Waals surface area contributed by atoms with Crippen LogP contribution in [0.25, 0.3) is 0 Å². The van der Waals surface area contributed by atoms with Crippen molar-refractivity contribution in [3.05, 3.63) is 71.3 Å². The van der Waals surface area contributed by atoms with E-state index in [1.807, 2.05) is 12.1 Å². The fraction of sp³-hybridized carbons (Fsp3) is 0.235. The van der Waals surface area contributed by atoms with Gasteiger partial charge in [-0.1, -0.05) is 54.6 Å². The van der Waals surface area contributed by atoms with E-state index in [4.69, 9.17) is 0 Å². The topological polar surface area (TPSA) is 17.1 Å². The first-order valence-electron chi connectivity index (χ1n) is 6.48. The van der Waals surface area contributed by atoms with Crippen LogP contribution in [0.2, 0.25) is 0 Å². The smallest absolute Gasteiger partial charge is 0.150 e. The fourth-order valence-corrected chi connectivity index (χ4v) is 2.82. The Morgan fingerprint density at radius 1 is 0.778 bits per heavy atom. The summed E-state index contributed by atoms with van der Waals surface area (Å²) in [6.45, 7) is 0. The van der Waals surface area contributed by atoms with Crippen LogP contribution in [0.5, 0.6) is 0 Å². The van der Waals surface area contributed by atoms with E-state index in [-0.39, 0.29) is 0 Å². The van der Waals surface area contributed by atoms with Crippen LogP contribution in [0.3, 0.4) is 0 Å². The maximum absolute atomic E-state index is 10.7. The lowest BCUT2D eigenvalue weighted by Crippen LogP contribution is -2.21. The first-order chi connectivity index (χ1) is 8.88. The molecular weight excluding hydrogens is 220 g/mol. The van der Waals surface area contributed by atoms with E-state index in [9.17, 15) is 4.79 Å². The number of aldehydes is 1. The zero-order chi connectivity index (χ0) is 12.4. The molecule has 3 rings (SSSR count). The average molecular weight is 236 g/mol. The quantitative estimate of drug-likeness (QED) is 0.731. The van der Waals surface area contributed by atoms with Crippen LogP contribution >= 0.6 is 0 Å². The summed E-state index contributed by atoms with van der Waals surface area (Å²) in [5.74, 6) is 1.27. The largest absolute Gasteiger partial charge is 0.298 e. The Kier molecular flexibility index (Phi) is 2.97. The normalized spacial score (nSPS) is 22.2. The molecule has 2 unspecified atom stereocenters. The van der Waals surface area contributed by atoms with E-state index < -0.39 is 0 Å². The first-order valence-corrected chi connectivity index (χ1v) is 6.48. The Labute approximate surface area is 107 Å². The second-order valence-corrected chi connectivity index (χ2v) is 4.99. The molecule has 0 bridgehead atoms. The highest BCUT2D eigenvalue weighted by atomic mass is 16.1. The van der Waals surface area contributed by atoms with Crippen molar-refractivity contribution in [3.63, 3.8) is 0 Å². The van der Waals surface area contributed by atoms with Gasteiger partial charge in [0.15, 0.2) is 0 Å². The number of carbonyl (C=O) groups is 1. The van der Waals surface area contributed by atoms with Crippen LogP contribution in [-0.4, -0.2) is 6.29 Å². The molecule has 0 N–H and O–H groups in total. The van der Waals surface area contributed by atoms with E-state index in [0.717, 1.165) is 11.8 Å². The predicted octanol–water partition coefficient (Wildman–Crippen LogP) is 4.16. The van der Waals surface area contributed by atoms with Gasteiger partial charge >= 0.3 is 0 Å². The molecular formula is C17H16O. The maximum atomic E-state index is 10.7. The highest BCUT2D eigenvalue weighted by Gasteiger charge is 2.32. The molecule has 18 heavy (non-hydrogen) atoms. The van der Waals surface area contributed by atoms with Gasteiger partial charge in [-0.15, -0.1) is 0 Å². The Morgan fingerprint density at radius 3 is 1.83 bits per heavy atom. The summed E-state index contributed by atoms with van der Waals surface area (Å²) in [7, 11) is 0. The summed E-state index contributed by atoms with van der Waals surface area (Å²) >= 11 is 0. The standard InChI is InChI=1S/C17H16O/c18-12-13-6-8-15(9-7-13)17-11-10-16(17)14-4-2-1-3-5-14/h1-9,12,16-17H,10-11H2. The van der Waals surface area contributed by atoms with Crippen LogP contribution in [0.1, 0.15) is 46.2 Å². The molecule has 2 atom stereocenters. The third-order valence-electron chi connectivity index (χ3n) is 4.00. The van der Waals surface area contributed by atoms with Crippen molar-refractivity contribution < 1.29 is 4.79 Å². The van der Waals surface area contributed by atoms with Gasteiger partial charge in [0.05, 0.1) is 0 Å². The van der Waals surface area contributed by atoms with E-state index in [0.29, 0.717) is 11.8 Å². The van der Waals surface area contributed by atoms with Gasteiger partial charge in [-0.2, -0.15) is 0 Å². The molecule has 1 saturated carbocycles. The summed E-state index contributed by atoms with van der Waals surface area (Å²) in [6.07, 6.45) is 3.42. The van der Waals surface area contributed by atoms with Gasteiger partial charge in [-0.3, -0.25) is 4.79 Å². The van der Waals surface area contributed by atoms with Gasteiger partial charge in [0.25, 0.3) is 0 Å². The molecule has 0 radical (unpaired) electrons. The number of rotatable bonds is 3. The molecule has 1 fully saturated rings. The Bertz CT molecular complexity index is 527. The molecule has 90 valence electrons. The minimum Gasteiger partial charge on any atom is -0.298 e. The van der Waals surface area contributed by atoms with E-state index in [1.54, 1.807) is 0 Å². The summed E-state index contributed by atoms with van der Waals surface area (Å²) < 4.78 is 0. The molecule has 0 aromatic heterocycles. The lowest BCUT2D eigenvalue weighted by Gasteiger charge is -2.37. The number of hydrogen-bond donors (Lipinski definition) is 0. The van der Waals surface area contributed by atoms with E-state index >= 15 is 0 Å². The summed E-state index contributed by atoms with van der Waals surface area (Å²) in [5.41, 5.74) is 3.56. The molecule has 0 spiro atoms. The molecule has 1 aliphatic rings. The molecule has 2 aromatic carbocycles. The molecule has 0 heterocycles. The molecule has 0 saturated heterocycles. The number of hydrogen-bond acceptors (Lipinski definition) is 1. The van der Waals surface area contributed by atoms with Gasteiger partial charge in [-0.25, -0.2) is 0 Å². The molecule has 1 nitrogen and oxygen atoms in total. The lowest BCUT2D eigenvalue weighted by atomic mass is 9.67. The highest BCUT2D eigenvalue weighted by Crippen LogP contribution is 2.48. The van der Waals surface area contributed by atoms with Gasteiger partial charge in [0.1, 0.15) is 6.29 Å². The zero-order valence-electron chi connectivity index (χ0n) is 10.3. The van der Waals surface area contributed by atoms with E-state index in [1.165, 1.54) is 24.0 Å². The Morgan fingerprint density at radius 2 is 1.33 bits per heavy atom. The van der Waals surface area contributed by atoms with Crippen molar-refractivity contribution in [1.29, 1.82) is 0 Å². The van der Waals surface area contributed by atoms with Crippen LogP contribution in [0.15, 0.2) is 54.6 Å². The van der Waals surface area contributed by atoms with Gasteiger partial charge < -0.3 is 0 Å². The van der Waals surface area contributed by atoms with Crippen LogP contribution in [0.4, 0.5) is 0 Å². The third-order valence-corrected chi connectivity index (χ3v) is 4.00. The minimum absolute atomic E-state index is 0.619. The van der Waals surface area contributed by atoms with Gasteiger partial charge in [-0.05, 0) is 35.8 Å². The van der Waals surface area contributed by atoms with Crippen LogP contribution in [-0.2, 0) is 0 Å². The van der Waals surface area contributed by atoms with Crippen molar-refractivity contribution >= 4 is 6.29 Å². The van der Waals surface area contributed by atoms with Crippen molar-refractivity contribution in [3.8, 4) is 0 Å². The molecule has 0 aliphatic heterocycles. The second-order valence-electron chi connectivity index (χ2n) is 4.99. The first kappa shape index (κ1) is 11.2. The van der Waals surface area contributed by atoms with Crippen molar-refractivity contribution in [2.24, 2.45) is 0 Å². The Balaban J connectivity index is 1.82. The summed E-state index contributed by atoms with van der Waals surface area (Å²) in [5, 5.41) is 0.